The van der Waals surface area contributed by atoms with E-state index in [1.54, 1.807) is 20.8 Å². The number of alkyl carbamates (subject to hydrolysis) is 1. The summed E-state index contributed by atoms with van der Waals surface area (Å²) < 4.78 is 54.8. The van der Waals surface area contributed by atoms with E-state index in [-0.39, 0.29) is 24.6 Å². The fraction of sp³-hybridized carbons (Fsp3) is 0.750. The third-order valence-corrected chi connectivity index (χ3v) is 14.7. The van der Waals surface area contributed by atoms with Gasteiger partial charge < -0.3 is 186 Å². The Hall–Kier alpha value is -6.38. The first-order chi connectivity index (χ1) is 46.2. The molecule has 5 aliphatic rings. The summed E-state index contributed by atoms with van der Waals surface area (Å²) >= 11 is 0. The molecule has 42 nitrogen and oxygen atoms in total. The molecular formula is C56H93N5O37. The molecule has 5 aliphatic heterocycles. The van der Waals surface area contributed by atoms with Crippen LogP contribution in [0.3, 0.4) is 0 Å². The van der Waals surface area contributed by atoms with E-state index in [4.69, 9.17) is 47.4 Å². The minimum Gasteiger partial charge on any atom is -0.506 e. The number of rotatable bonds is 21. The second kappa shape index (κ2) is 40.2. The van der Waals surface area contributed by atoms with Gasteiger partial charge in [0.2, 0.25) is 37.4 Å². The predicted octanol–water partition coefficient (Wildman–Crippen LogP) is -5.28. The molecule has 98 heavy (non-hydrogen) atoms. The number of unbranched alkanes of at least 4 members (excludes halogenated alkanes) is 2. The van der Waals surface area contributed by atoms with E-state index >= 15 is 0 Å². The molecule has 2 fully saturated rings. The summed E-state index contributed by atoms with van der Waals surface area (Å²) in [5, 5.41) is 284. The Bertz CT molecular complexity index is 2780. The molecule has 0 aliphatic carbocycles. The van der Waals surface area contributed by atoms with E-state index in [0.29, 0.717) is 25.8 Å². The smallest absolute Gasteiger partial charge is 0.407 e. The van der Waals surface area contributed by atoms with Gasteiger partial charge in [0.1, 0.15) is 90.6 Å². The Morgan fingerprint density at radius 2 is 0.816 bits per heavy atom. The number of aliphatic hydroxyl groups is 25. The van der Waals surface area contributed by atoms with Crippen LogP contribution in [0.5, 0.6) is 0 Å². The Morgan fingerprint density at radius 1 is 0.459 bits per heavy atom. The molecule has 4 bridgehead atoms. The number of nitrogens with zero attached hydrogens (tertiary/aromatic N) is 3. The van der Waals surface area contributed by atoms with E-state index in [1.807, 2.05) is 0 Å². The Morgan fingerprint density at radius 3 is 1.17 bits per heavy atom. The van der Waals surface area contributed by atoms with E-state index < -0.39 is 271 Å². The van der Waals surface area contributed by atoms with E-state index in [9.17, 15) is 137 Å². The highest BCUT2D eigenvalue weighted by molar-refractivity contribution is 5.75. The first-order valence-corrected chi connectivity index (χ1v) is 30.6. The largest absolute Gasteiger partial charge is 0.506 e. The molecule has 20 atom stereocenters. The third-order valence-electron chi connectivity index (χ3n) is 14.7. The van der Waals surface area contributed by atoms with Gasteiger partial charge in [0, 0.05) is 78.0 Å². The van der Waals surface area contributed by atoms with Gasteiger partial charge in [-0.05, 0) is 33.6 Å². The molecule has 6 rings (SSSR count). The van der Waals surface area contributed by atoms with Gasteiger partial charge in [-0.3, -0.25) is 9.48 Å². The molecule has 20 unspecified atom stereocenters. The minimum absolute atomic E-state index is 0.0933. The SMILES string of the molecule is CC(C)(C)OC(=O)NCCCCCC(=O)NCc1cn(CCC2OC3OC(CO)C(OC(O)/C(O)=C(/O)C(CCO)OC(O)/C(O)=C(\O)C(CCO)OC(O)/C(O)=C(\O)C(CCO)OC(O)/C(O)=C(/O)C(CCO)OC4OC(CO)C(OC(O)C(O)=C2O)C(O)C4O)C(O)C3O)nn1. The van der Waals surface area contributed by atoms with Crippen molar-refractivity contribution < 1.29 is 185 Å². The van der Waals surface area contributed by atoms with Crippen LogP contribution in [-0.4, -0.2) is 330 Å². The number of nitrogens with one attached hydrogen (secondary N) is 2. The zero-order chi connectivity index (χ0) is 73.5. The third kappa shape index (κ3) is 24.2. The predicted molar refractivity (Wildman–Crippen MR) is 317 cm³/mol. The van der Waals surface area contributed by atoms with E-state index in [2.05, 4.69) is 20.9 Å². The number of aryl methyl sites for hydroxylation is 1. The second-order valence-corrected chi connectivity index (χ2v) is 23.2. The lowest BCUT2D eigenvalue weighted by atomic mass is 9.98. The zero-order valence-electron chi connectivity index (χ0n) is 53.3. The maximum Gasteiger partial charge on any atom is 0.407 e. The van der Waals surface area contributed by atoms with Gasteiger partial charge in [0.05, 0.1) is 26.0 Å². The Labute approximate surface area is 557 Å². The van der Waals surface area contributed by atoms with Crippen molar-refractivity contribution in [2.45, 2.75) is 221 Å². The molecule has 1 aromatic heterocycles. The summed E-state index contributed by atoms with van der Waals surface area (Å²) in [6.07, 6.45) is -49.0. The van der Waals surface area contributed by atoms with Gasteiger partial charge in [0.15, 0.2) is 70.2 Å². The summed E-state index contributed by atoms with van der Waals surface area (Å²) in [6.45, 7) is -1.44. The summed E-state index contributed by atoms with van der Waals surface area (Å²) in [5.41, 5.74) is -0.507. The van der Waals surface area contributed by atoms with Crippen molar-refractivity contribution in [3.8, 4) is 0 Å². The molecular weight excluding hydrogens is 1330 g/mol. The molecule has 1 aromatic rings. The van der Waals surface area contributed by atoms with Gasteiger partial charge >= 0.3 is 6.09 Å². The van der Waals surface area contributed by atoms with Gasteiger partial charge in [-0.1, -0.05) is 11.6 Å². The average Bonchev–Trinajstić information content (AvgIpc) is 0.845. The lowest BCUT2D eigenvalue weighted by molar-refractivity contribution is -0.331. The molecule has 27 N–H and O–H groups in total. The first-order valence-electron chi connectivity index (χ1n) is 30.6. The average molecular weight is 1430 g/mol. The Kier molecular flexibility index (Phi) is 34.4. The number of carbonyl (C=O) groups excluding carboxylic acids is 2. The van der Waals surface area contributed by atoms with Crippen molar-refractivity contribution >= 4 is 12.0 Å². The molecule has 0 radical (unpaired) electrons. The van der Waals surface area contributed by atoms with Crippen molar-refractivity contribution in [1.82, 2.24) is 25.6 Å². The van der Waals surface area contributed by atoms with Gasteiger partial charge in [0.25, 0.3) is 0 Å². The molecule has 0 aromatic carbocycles. The molecule has 6 heterocycles. The molecule has 2 amide bonds. The lowest BCUT2D eigenvalue weighted by Gasteiger charge is -2.43. The van der Waals surface area contributed by atoms with Crippen LogP contribution in [-0.2, 0) is 65.3 Å². The topological polar surface area (TPSA) is 687 Å². The highest BCUT2D eigenvalue weighted by Gasteiger charge is 2.51. The van der Waals surface area contributed by atoms with E-state index in [0.717, 1.165) is 4.68 Å². The molecule has 0 spiro atoms. The fourth-order valence-corrected chi connectivity index (χ4v) is 9.50. The summed E-state index contributed by atoms with van der Waals surface area (Å²) in [6, 6.07) is 0. The van der Waals surface area contributed by atoms with Crippen LogP contribution in [0, 0.1) is 0 Å². The quantitative estimate of drug-likeness (QED) is 0.0511. The molecule has 2 saturated heterocycles. The number of hydrogen-bond acceptors (Lipinski definition) is 39. The first kappa shape index (κ1) is 84.0. The van der Waals surface area contributed by atoms with Crippen LogP contribution in [0.15, 0.2) is 63.8 Å². The maximum atomic E-state index is 12.7. The van der Waals surface area contributed by atoms with Crippen LogP contribution in [0.1, 0.15) is 84.3 Å². The molecule has 564 valence electrons. The van der Waals surface area contributed by atoms with Crippen LogP contribution >= 0.6 is 0 Å². The number of fused-ring (bicyclic) bond motifs is 2. The summed E-state index contributed by atoms with van der Waals surface area (Å²) in [4.78, 5) is 24.6. The van der Waals surface area contributed by atoms with E-state index in [1.165, 1.54) is 6.20 Å². The van der Waals surface area contributed by atoms with Crippen LogP contribution < -0.4 is 10.6 Å². The van der Waals surface area contributed by atoms with Crippen LogP contribution in [0.25, 0.3) is 0 Å². The van der Waals surface area contributed by atoms with Gasteiger partial charge in [-0.25, -0.2) is 4.79 Å². The zero-order valence-corrected chi connectivity index (χ0v) is 53.3. The minimum atomic E-state index is -2.87. The van der Waals surface area contributed by atoms with Gasteiger partial charge in [-0.2, -0.15) is 0 Å². The second-order valence-electron chi connectivity index (χ2n) is 23.2. The standard InChI is InChI=1S/C56H93N5O37/c1-56(2,3)98-55(88)57-13-6-4-5-7-31(68)58-19-23-20-61(60-59-23)14-8-24-32(69)42(79)51(86)96-47-30(22-67)95-54(45(82)38(47)75)93-28(12-18-65)36(73)41(78)50(85)90-26(10-16-63)34(71)39(76)48(83)89-25(9-15-62)33(70)40(77)49(84)91-27(11-17-64)35(72)43(80)52(87)97-46-29(21-66)94-53(92-24)44(81)37(46)74/h20,24-30,37-38,44-54,62-67,69-87H,4-19,21-22H2,1-3H3,(H,57,88)(H,58,68)/b39-34+,40-33+,41-36-,42-32?,43-35-. The summed E-state index contributed by atoms with van der Waals surface area (Å²) in [5.74, 6) is -16.1. The Balaban J connectivity index is 1.75. The van der Waals surface area contributed by atoms with Crippen molar-refractivity contribution in [3.05, 3.63) is 69.5 Å². The number of carbonyl (C=O) groups is 2. The highest BCUT2D eigenvalue weighted by atomic mass is 16.7. The number of hydrogen-bond donors (Lipinski definition) is 27. The monoisotopic (exact) mass is 1430 g/mol. The number of aromatic nitrogens is 3. The fourth-order valence-electron chi connectivity index (χ4n) is 9.50. The maximum absolute atomic E-state index is 12.7. The number of aliphatic hydroxyl groups excluding tert-OH is 25. The highest BCUT2D eigenvalue weighted by Crippen LogP contribution is 2.33. The van der Waals surface area contributed by atoms with Crippen molar-refractivity contribution in [2.24, 2.45) is 0 Å². The molecule has 0 saturated carbocycles. The van der Waals surface area contributed by atoms with Crippen LogP contribution in [0.2, 0.25) is 0 Å². The van der Waals surface area contributed by atoms with Gasteiger partial charge in [-0.15, -0.1) is 5.10 Å². The van der Waals surface area contributed by atoms with Crippen molar-refractivity contribution in [1.29, 1.82) is 0 Å². The number of ether oxygens (including phenoxy) is 10. The lowest BCUT2D eigenvalue weighted by Crippen LogP contribution is -2.61. The number of amides is 2. The molecule has 42 heteroatoms. The van der Waals surface area contributed by atoms with Crippen molar-refractivity contribution in [3.63, 3.8) is 0 Å². The van der Waals surface area contributed by atoms with Crippen molar-refractivity contribution in [2.75, 3.05) is 46.2 Å². The van der Waals surface area contributed by atoms with Crippen LogP contribution in [0.4, 0.5) is 4.79 Å². The summed E-state index contributed by atoms with van der Waals surface area (Å²) in [7, 11) is 0. The normalized spacial score (nSPS) is 35.6.